The molecule has 1 saturated carbocycles. The van der Waals surface area contributed by atoms with Crippen molar-refractivity contribution in [1.82, 2.24) is 9.97 Å². The Morgan fingerprint density at radius 2 is 2.35 bits per heavy atom. The average Bonchev–Trinajstić information content (AvgIpc) is 3.11. The van der Waals surface area contributed by atoms with Gasteiger partial charge in [-0.2, -0.15) is 4.98 Å². The molecule has 0 aliphatic heterocycles. The maximum atomic E-state index is 13.4. The quantitative estimate of drug-likeness (QED) is 0.580. The molecule has 0 aromatic carbocycles. The first-order valence-corrected chi connectivity index (χ1v) is 6.01. The molecule has 0 unspecified atom stereocenters. The van der Waals surface area contributed by atoms with E-state index in [4.69, 9.17) is 16.3 Å². The molecule has 0 radical (unpaired) electrons. The number of hydrogen-bond acceptors (Lipinski definition) is 4. The van der Waals surface area contributed by atoms with Crippen molar-refractivity contribution in [2.45, 2.75) is 12.8 Å². The normalized spacial score (nSPS) is 15.0. The van der Waals surface area contributed by atoms with Crippen molar-refractivity contribution < 1.29 is 9.13 Å². The maximum Gasteiger partial charge on any atom is 0.224 e. The van der Waals surface area contributed by atoms with Crippen molar-refractivity contribution >= 4 is 17.4 Å². The fraction of sp³-hybridized carbons (Fsp3) is 0.636. The van der Waals surface area contributed by atoms with Gasteiger partial charge in [-0.15, -0.1) is 0 Å². The third-order valence-electron chi connectivity index (χ3n) is 2.68. The predicted molar refractivity (Wildman–Crippen MR) is 63.8 cm³/mol. The third kappa shape index (κ3) is 3.78. The van der Waals surface area contributed by atoms with Crippen LogP contribution in [-0.2, 0) is 4.74 Å². The summed E-state index contributed by atoms with van der Waals surface area (Å²) in [5, 5.41) is 0.0483. The van der Waals surface area contributed by atoms with Gasteiger partial charge in [0.15, 0.2) is 11.6 Å². The molecule has 0 spiro atoms. The van der Waals surface area contributed by atoms with Gasteiger partial charge < -0.3 is 9.64 Å². The predicted octanol–water partition coefficient (Wildman–Crippen LogP) is 2.13. The molecule has 6 heteroatoms. The molecule has 1 fully saturated rings. The third-order valence-corrected chi connectivity index (χ3v) is 2.86. The number of ether oxygens (including phenoxy) is 1. The minimum Gasteiger partial charge on any atom is -0.379 e. The topological polar surface area (TPSA) is 38.2 Å². The number of hydrogen-bond donors (Lipinski definition) is 0. The van der Waals surface area contributed by atoms with Gasteiger partial charge in [-0.3, -0.25) is 0 Å². The minimum atomic E-state index is -0.473. The smallest absolute Gasteiger partial charge is 0.224 e. The van der Waals surface area contributed by atoms with E-state index in [0.717, 1.165) is 18.7 Å². The molecule has 0 N–H and O–H groups in total. The van der Waals surface area contributed by atoms with Gasteiger partial charge in [0.05, 0.1) is 12.8 Å². The Hall–Kier alpha value is -0.940. The SMILES string of the molecule is CN(CCOCC1CC1)c1nc(Cl)ncc1F. The zero-order valence-electron chi connectivity index (χ0n) is 9.70. The van der Waals surface area contributed by atoms with Gasteiger partial charge >= 0.3 is 0 Å². The van der Waals surface area contributed by atoms with E-state index in [9.17, 15) is 4.39 Å². The van der Waals surface area contributed by atoms with Crippen LogP contribution in [0.1, 0.15) is 12.8 Å². The van der Waals surface area contributed by atoms with Crippen molar-refractivity contribution in [3.05, 3.63) is 17.3 Å². The Balaban J connectivity index is 1.80. The Labute approximate surface area is 105 Å². The van der Waals surface area contributed by atoms with E-state index in [2.05, 4.69) is 9.97 Å². The van der Waals surface area contributed by atoms with Crippen LogP contribution >= 0.6 is 11.6 Å². The summed E-state index contributed by atoms with van der Waals surface area (Å²) in [5.41, 5.74) is 0. The molecule has 0 atom stereocenters. The number of nitrogens with zero attached hydrogens (tertiary/aromatic N) is 3. The number of aromatic nitrogens is 2. The van der Waals surface area contributed by atoms with Crippen LogP contribution in [0.5, 0.6) is 0 Å². The lowest BCUT2D eigenvalue weighted by Crippen LogP contribution is -2.25. The van der Waals surface area contributed by atoms with Gasteiger partial charge in [-0.05, 0) is 30.4 Å². The first kappa shape index (κ1) is 12.5. The van der Waals surface area contributed by atoms with Crippen LogP contribution in [0.15, 0.2) is 6.20 Å². The Bertz CT molecular complexity index is 387. The highest BCUT2D eigenvalue weighted by Gasteiger charge is 2.21. The van der Waals surface area contributed by atoms with Crippen LogP contribution in [0.2, 0.25) is 5.28 Å². The Morgan fingerprint density at radius 3 is 3.06 bits per heavy atom. The van der Waals surface area contributed by atoms with E-state index in [1.165, 1.54) is 12.8 Å². The molecule has 1 aromatic heterocycles. The van der Waals surface area contributed by atoms with Gasteiger partial charge in [-0.25, -0.2) is 9.37 Å². The van der Waals surface area contributed by atoms with E-state index in [1.54, 1.807) is 11.9 Å². The van der Waals surface area contributed by atoms with Crippen LogP contribution in [-0.4, -0.2) is 36.8 Å². The molecular weight excluding hydrogens is 245 g/mol. The molecule has 2 rings (SSSR count). The van der Waals surface area contributed by atoms with Crippen LogP contribution in [0.3, 0.4) is 0 Å². The van der Waals surface area contributed by atoms with Crippen molar-refractivity contribution in [1.29, 1.82) is 0 Å². The van der Waals surface area contributed by atoms with Gasteiger partial charge in [0.1, 0.15) is 0 Å². The summed E-state index contributed by atoms with van der Waals surface area (Å²) in [6.45, 7) is 1.95. The van der Waals surface area contributed by atoms with Crippen LogP contribution in [0.25, 0.3) is 0 Å². The molecule has 17 heavy (non-hydrogen) atoms. The summed E-state index contributed by atoms with van der Waals surface area (Å²) in [4.78, 5) is 9.10. The van der Waals surface area contributed by atoms with Crippen LogP contribution in [0, 0.1) is 11.7 Å². The second-order valence-electron chi connectivity index (χ2n) is 4.25. The molecule has 4 nitrogen and oxygen atoms in total. The highest BCUT2D eigenvalue weighted by molar-refractivity contribution is 6.28. The molecule has 1 aromatic rings. The molecule has 1 aliphatic rings. The van der Waals surface area contributed by atoms with Crippen molar-refractivity contribution in [2.24, 2.45) is 5.92 Å². The lowest BCUT2D eigenvalue weighted by atomic mass is 10.4. The van der Waals surface area contributed by atoms with E-state index in [1.807, 2.05) is 0 Å². The lowest BCUT2D eigenvalue weighted by Gasteiger charge is -2.18. The highest BCUT2D eigenvalue weighted by atomic mass is 35.5. The molecule has 94 valence electrons. The highest BCUT2D eigenvalue weighted by Crippen LogP contribution is 2.28. The first-order valence-electron chi connectivity index (χ1n) is 5.63. The molecular formula is C11H15ClFN3O. The molecule has 0 amide bonds. The van der Waals surface area contributed by atoms with Crippen molar-refractivity contribution in [3.8, 4) is 0 Å². The summed E-state index contributed by atoms with van der Waals surface area (Å²) in [6.07, 6.45) is 3.62. The van der Waals surface area contributed by atoms with Crippen molar-refractivity contribution in [2.75, 3.05) is 31.7 Å². The van der Waals surface area contributed by atoms with Crippen LogP contribution < -0.4 is 4.90 Å². The lowest BCUT2D eigenvalue weighted by molar-refractivity contribution is 0.130. The van der Waals surface area contributed by atoms with E-state index < -0.39 is 5.82 Å². The largest absolute Gasteiger partial charge is 0.379 e. The maximum absolute atomic E-state index is 13.4. The average molecular weight is 260 g/mol. The summed E-state index contributed by atoms with van der Waals surface area (Å²) >= 11 is 5.63. The molecule has 0 bridgehead atoms. The number of halogens is 2. The van der Waals surface area contributed by atoms with E-state index in [-0.39, 0.29) is 11.1 Å². The van der Waals surface area contributed by atoms with Gasteiger partial charge in [0.25, 0.3) is 0 Å². The molecule has 1 aliphatic carbocycles. The van der Waals surface area contributed by atoms with E-state index >= 15 is 0 Å². The number of anilines is 1. The molecule has 1 heterocycles. The zero-order valence-corrected chi connectivity index (χ0v) is 10.5. The number of rotatable bonds is 6. The fourth-order valence-electron chi connectivity index (χ4n) is 1.45. The van der Waals surface area contributed by atoms with Gasteiger partial charge in [-0.1, -0.05) is 0 Å². The van der Waals surface area contributed by atoms with Crippen LogP contribution in [0.4, 0.5) is 10.2 Å². The monoisotopic (exact) mass is 259 g/mol. The van der Waals surface area contributed by atoms with Gasteiger partial charge in [0, 0.05) is 20.2 Å². The standard InChI is InChI=1S/C11H15ClFN3O/c1-16(4-5-17-7-8-2-3-8)10-9(13)6-14-11(12)15-10/h6,8H,2-5,7H2,1H3. The zero-order chi connectivity index (χ0) is 12.3. The summed E-state index contributed by atoms with van der Waals surface area (Å²) in [5.74, 6) is 0.477. The summed E-state index contributed by atoms with van der Waals surface area (Å²) < 4.78 is 18.9. The Kier molecular flexibility index (Phi) is 4.12. The van der Waals surface area contributed by atoms with Gasteiger partial charge in [0.2, 0.25) is 5.28 Å². The van der Waals surface area contributed by atoms with E-state index in [0.29, 0.717) is 13.2 Å². The first-order chi connectivity index (χ1) is 8.16. The fourth-order valence-corrected chi connectivity index (χ4v) is 1.58. The second kappa shape index (κ2) is 5.60. The Morgan fingerprint density at radius 1 is 1.59 bits per heavy atom. The summed E-state index contributed by atoms with van der Waals surface area (Å²) in [7, 11) is 1.75. The van der Waals surface area contributed by atoms with Crippen molar-refractivity contribution in [3.63, 3.8) is 0 Å². The molecule has 0 saturated heterocycles. The summed E-state index contributed by atoms with van der Waals surface area (Å²) in [6, 6.07) is 0. The minimum absolute atomic E-state index is 0.0483. The number of likely N-dealkylation sites (N-methyl/N-ethyl adjacent to an activating group) is 1. The second-order valence-corrected chi connectivity index (χ2v) is 4.59.